The monoisotopic (exact) mass is 380 g/mol. The van der Waals surface area contributed by atoms with Gasteiger partial charge in [0.2, 0.25) is 5.91 Å². The predicted molar refractivity (Wildman–Crippen MR) is 113 cm³/mol. The van der Waals surface area contributed by atoms with Gasteiger partial charge in [-0.15, -0.1) is 0 Å². The number of likely N-dealkylation sites (tertiary alicyclic amines) is 1. The van der Waals surface area contributed by atoms with E-state index >= 15 is 0 Å². The molecule has 4 heteroatoms. The number of aliphatic hydroxyl groups is 1. The van der Waals surface area contributed by atoms with Gasteiger partial charge in [0.15, 0.2) is 0 Å². The van der Waals surface area contributed by atoms with Crippen molar-refractivity contribution in [3.63, 3.8) is 0 Å². The third kappa shape index (κ3) is 4.29. The van der Waals surface area contributed by atoms with E-state index in [2.05, 4.69) is 17.0 Å². The Morgan fingerprint density at radius 3 is 2.07 bits per heavy atom. The Morgan fingerprint density at radius 2 is 1.54 bits per heavy atom. The third-order valence-corrected chi connectivity index (χ3v) is 6.11. The first-order chi connectivity index (χ1) is 13.6. The van der Waals surface area contributed by atoms with Gasteiger partial charge in [-0.05, 0) is 50.9 Å². The van der Waals surface area contributed by atoms with Crippen molar-refractivity contribution in [1.29, 1.82) is 0 Å². The lowest BCUT2D eigenvalue weighted by Gasteiger charge is -2.43. The first-order valence-corrected chi connectivity index (χ1v) is 10.4. The number of rotatable bonds is 7. The summed E-state index contributed by atoms with van der Waals surface area (Å²) in [7, 11) is 0. The van der Waals surface area contributed by atoms with E-state index in [0.717, 1.165) is 50.1 Å². The fourth-order valence-corrected chi connectivity index (χ4v) is 4.34. The number of amides is 1. The minimum absolute atomic E-state index is 0.243. The molecule has 1 fully saturated rings. The molecule has 0 saturated carbocycles. The van der Waals surface area contributed by atoms with Gasteiger partial charge in [0.25, 0.3) is 0 Å². The van der Waals surface area contributed by atoms with Gasteiger partial charge in [-0.25, -0.2) is 0 Å². The van der Waals surface area contributed by atoms with Crippen LogP contribution in [0.4, 0.5) is 0 Å². The molecule has 0 spiro atoms. The van der Waals surface area contributed by atoms with E-state index in [9.17, 15) is 9.90 Å². The summed E-state index contributed by atoms with van der Waals surface area (Å²) in [6.45, 7) is 7.80. The number of β-amino-alcohol motifs (C(OH)–C–C–N with tert-alkyl or cyclic N) is 1. The summed E-state index contributed by atoms with van der Waals surface area (Å²) < 4.78 is 0. The minimum Gasteiger partial charge on any atom is -0.387 e. The molecule has 1 aliphatic heterocycles. The molecule has 1 heterocycles. The van der Waals surface area contributed by atoms with Gasteiger partial charge in [0.1, 0.15) is 0 Å². The highest BCUT2D eigenvalue weighted by atomic mass is 16.3. The number of piperidine rings is 1. The number of likely N-dealkylation sites (N-methyl/N-ethyl adjacent to an activating group) is 1. The fourth-order valence-electron chi connectivity index (χ4n) is 4.34. The molecule has 0 aromatic heterocycles. The number of nitrogens with zero attached hydrogens (tertiary/aromatic N) is 2. The van der Waals surface area contributed by atoms with Crippen LogP contribution in [0, 0.1) is 0 Å². The molecular weight excluding hydrogens is 348 g/mol. The van der Waals surface area contributed by atoms with E-state index < -0.39 is 11.5 Å². The van der Waals surface area contributed by atoms with Crippen molar-refractivity contribution in [3.8, 4) is 0 Å². The van der Waals surface area contributed by atoms with Crippen LogP contribution in [0.15, 0.2) is 60.7 Å². The van der Waals surface area contributed by atoms with Crippen molar-refractivity contribution in [2.24, 2.45) is 0 Å². The second kappa shape index (κ2) is 9.35. The summed E-state index contributed by atoms with van der Waals surface area (Å²) in [6.07, 6.45) is 1.07. The molecule has 150 valence electrons. The number of hydrogen-bond donors (Lipinski definition) is 1. The van der Waals surface area contributed by atoms with Crippen LogP contribution in [0.25, 0.3) is 0 Å². The number of hydrogen-bond acceptors (Lipinski definition) is 3. The van der Waals surface area contributed by atoms with E-state index in [1.807, 2.05) is 67.3 Å². The number of benzene rings is 2. The molecule has 0 bridgehead atoms. The summed E-state index contributed by atoms with van der Waals surface area (Å²) in [5, 5.41) is 10.6. The van der Waals surface area contributed by atoms with Gasteiger partial charge < -0.3 is 14.9 Å². The molecule has 1 aliphatic rings. The molecule has 1 N–H and O–H groups in total. The predicted octanol–water partition coefficient (Wildman–Crippen LogP) is 3.62. The highest BCUT2D eigenvalue weighted by Crippen LogP contribution is 2.38. The molecule has 3 rings (SSSR count). The van der Waals surface area contributed by atoms with Crippen molar-refractivity contribution in [1.82, 2.24) is 9.80 Å². The third-order valence-electron chi connectivity index (χ3n) is 6.11. The van der Waals surface area contributed by atoms with Crippen LogP contribution < -0.4 is 0 Å². The molecule has 0 aliphatic carbocycles. The Hall–Kier alpha value is -2.17. The quantitative estimate of drug-likeness (QED) is 0.798. The fraction of sp³-hybridized carbons (Fsp3) is 0.458. The standard InChI is InChI=1S/C24H32N2O2/c1-3-26(4-2)23(28)24(21-13-9-6-10-14-21)15-17-25(18-16-24)19-22(27)20-11-7-5-8-12-20/h5-14,22,27H,3-4,15-19H2,1-2H3. The Balaban J connectivity index is 1.75. The molecule has 1 atom stereocenters. The molecule has 2 aromatic carbocycles. The molecule has 1 amide bonds. The molecular formula is C24H32N2O2. The van der Waals surface area contributed by atoms with E-state index in [-0.39, 0.29) is 5.91 Å². The molecule has 2 aromatic rings. The van der Waals surface area contributed by atoms with Crippen LogP contribution in [0.2, 0.25) is 0 Å². The average Bonchev–Trinajstić information content (AvgIpc) is 2.76. The second-order valence-corrected chi connectivity index (χ2v) is 7.65. The summed E-state index contributed by atoms with van der Waals surface area (Å²) >= 11 is 0. The zero-order valence-corrected chi connectivity index (χ0v) is 17.1. The van der Waals surface area contributed by atoms with Crippen molar-refractivity contribution in [2.75, 3.05) is 32.7 Å². The Kier molecular flexibility index (Phi) is 6.87. The lowest BCUT2D eigenvalue weighted by molar-refractivity contribution is -0.139. The van der Waals surface area contributed by atoms with Crippen LogP contribution in [0.3, 0.4) is 0 Å². The largest absolute Gasteiger partial charge is 0.387 e. The van der Waals surface area contributed by atoms with E-state index in [1.165, 1.54) is 0 Å². The summed E-state index contributed by atoms with van der Waals surface area (Å²) in [4.78, 5) is 17.7. The van der Waals surface area contributed by atoms with Crippen LogP contribution in [0.1, 0.15) is 43.9 Å². The Bertz CT molecular complexity index is 736. The van der Waals surface area contributed by atoms with Gasteiger partial charge >= 0.3 is 0 Å². The van der Waals surface area contributed by atoms with Gasteiger partial charge in [0, 0.05) is 19.6 Å². The average molecular weight is 381 g/mol. The van der Waals surface area contributed by atoms with Crippen LogP contribution in [-0.2, 0) is 10.2 Å². The first kappa shape index (κ1) is 20.6. The molecule has 28 heavy (non-hydrogen) atoms. The molecule has 0 radical (unpaired) electrons. The minimum atomic E-state index is -0.496. The van der Waals surface area contributed by atoms with Gasteiger partial charge in [-0.1, -0.05) is 60.7 Å². The summed E-state index contributed by atoms with van der Waals surface area (Å²) in [5.41, 5.74) is 1.61. The van der Waals surface area contributed by atoms with Crippen molar-refractivity contribution >= 4 is 5.91 Å². The molecule has 1 unspecified atom stereocenters. The highest BCUT2D eigenvalue weighted by molar-refractivity contribution is 5.88. The number of carbonyl (C=O) groups is 1. The molecule has 1 saturated heterocycles. The van der Waals surface area contributed by atoms with E-state index in [1.54, 1.807) is 0 Å². The van der Waals surface area contributed by atoms with Crippen molar-refractivity contribution in [2.45, 2.75) is 38.2 Å². The van der Waals surface area contributed by atoms with Crippen molar-refractivity contribution < 1.29 is 9.90 Å². The van der Waals surface area contributed by atoms with Crippen LogP contribution in [-0.4, -0.2) is 53.5 Å². The number of carbonyl (C=O) groups excluding carboxylic acids is 1. The summed E-state index contributed by atoms with van der Waals surface area (Å²) in [6, 6.07) is 20.0. The van der Waals surface area contributed by atoms with Gasteiger partial charge in [0.05, 0.1) is 11.5 Å². The van der Waals surface area contributed by atoms with Crippen LogP contribution >= 0.6 is 0 Å². The smallest absolute Gasteiger partial charge is 0.233 e. The Morgan fingerprint density at radius 1 is 1.00 bits per heavy atom. The normalized spacial score (nSPS) is 17.8. The SMILES string of the molecule is CCN(CC)C(=O)C1(c2ccccc2)CCN(CC(O)c2ccccc2)CC1. The van der Waals surface area contributed by atoms with Gasteiger partial charge in [-0.2, -0.15) is 0 Å². The number of aliphatic hydroxyl groups excluding tert-OH is 1. The first-order valence-electron chi connectivity index (χ1n) is 10.4. The van der Waals surface area contributed by atoms with E-state index in [0.29, 0.717) is 6.54 Å². The van der Waals surface area contributed by atoms with Crippen molar-refractivity contribution in [3.05, 3.63) is 71.8 Å². The molecule has 4 nitrogen and oxygen atoms in total. The lowest BCUT2D eigenvalue weighted by Crippen LogP contribution is -2.53. The van der Waals surface area contributed by atoms with Gasteiger partial charge in [-0.3, -0.25) is 4.79 Å². The maximum atomic E-state index is 13.5. The maximum Gasteiger partial charge on any atom is 0.233 e. The topological polar surface area (TPSA) is 43.8 Å². The highest BCUT2D eigenvalue weighted by Gasteiger charge is 2.44. The summed E-state index contributed by atoms with van der Waals surface area (Å²) in [5.74, 6) is 0.243. The Labute approximate surface area is 168 Å². The van der Waals surface area contributed by atoms with E-state index in [4.69, 9.17) is 0 Å². The zero-order valence-electron chi connectivity index (χ0n) is 17.1. The second-order valence-electron chi connectivity index (χ2n) is 7.65. The lowest BCUT2D eigenvalue weighted by atomic mass is 9.71. The van der Waals surface area contributed by atoms with Crippen LogP contribution in [0.5, 0.6) is 0 Å². The zero-order chi connectivity index (χ0) is 20.0. The maximum absolute atomic E-state index is 13.5.